The standard InChI is InChI=1S/C16H14BrN3/c17-14-5-4-12(9-18)15(8-14)20-10-13-3-1-2-11-6-7-19-16(11)13/h1-5,8,19-20H,6-7,10H2. The van der Waals surface area contributed by atoms with Gasteiger partial charge in [-0.25, -0.2) is 0 Å². The average molecular weight is 328 g/mol. The van der Waals surface area contributed by atoms with Crippen molar-refractivity contribution in [2.75, 3.05) is 17.2 Å². The lowest BCUT2D eigenvalue weighted by Gasteiger charge is -2.12. The Morgan fingerprint density at radius 3 is 3.05 bits per heavy atom. The lowest BCUT2D eigenvalue weighted by Crippen LogP contribution is -2.04. The molecule has 2 aromatic carbocycles. The van der Waals surface area contributed by atoms with Crippen molar-refractivity contribution >= 4 is 27.3 Å². The molecule has 1 aliphatic rings. The van der Waals surface area contributed by atoms with Crippen LogP contribution in [0, 0.1) is 11.3 Å². The van der Waals surface area contributed by atoms with E-state index in [9.17, 15) is 0 Å². The maximum absolute atomic E-state index is 9.14. The van der Waals surface area contributed by atoms with Gasteiger partial charge in [0.25, 0.3) is 0 Å². The molecular formula is C16H14BrN3. The van der Waals surface area contributed by atoms with Crippen LogP contribution in [0.15, 0.2) is 40.9 Å². The molecule has 0 amide bonds. The van der Waals surface area contributed by atoms with Crippen molar-refractivity contribution in [1.82, 2.24) is 0 Å². The Bertz CT molecular complexity index is 689. The van der Waals surface area contributed by atoms with Gasteiger partial charge in [0.05, 0.1) is 11.3 Å². The van der Waals surface area contributed by atoms with Crippen molar-refractivity contribution in [2.24, 2.45) is 0 Å². The minimum atomic E-state index is 0.661. The molecule has 3 rings (SSSR count). The number of fused-ring (bicyclic) bond motifs is 1. The van der Waals surface area contributed by atoms with E-state index >= 15 is 0 Å². The van der Waals surface area contributed by atoms with Crippen LogP contribution in [0.1, 0.15) is 16.7 Å². The minimum absolute atomic E-state index is 0.661. The summed E-state index contributed by atoms with van der Waals surface area (Å²) in [5, 5.41) is 15.9. The first-order valence-corrected chi connectivity index (χ1v) is 7.35. The van der Waals surface area contributed by atoms with Gasteiger partial charge in [-0.2, -0.15) is 5.26 Å². The highest BCUT2D eigenvalue weighted by atomic mass is 79.9. The molecule has 1 aliphatic heterocycles. The van der Waals surface area contributed by atoms with Gasteiger partial charge in [-0.15, -0.1) is 0 Å². The van der Waals surface area contributed by atoms with Crippen molar-refractivity contribution in [2.45, 2.75) is 13.0 Å². The van der Waals surface area contributed by atoms with Crippen molar-refractivity contribution in [3.8, 4) is 6.07 Å². The fourth-order valence-electron chi connectivity index (χ4n) is 2.51. The number of anilines is 2. The fourth-order valence-corrected chi connectivity index (χ4v) is 2.87. The lowest BCUT2D eigenvalue weighted by molar-refractivity contribution is 1.11. The Hall–Kier alpha value is -1.99. The highest BCUT2D eigenvalue weighted by Crippen LogP contribution is 2.28. The van der Waals surface area contributed by atoms with Gasteiger partial charge in [0.15, 0.2) is 0 Å². The molecule has 0 fully saturated rings. The normalized spacial score (nSPS) is 12.4. The highest BCUT2D eigenvalue weighted by molar-refractivity contribution is 9.10. The van der Waals surface area contributed by atoms with Crippen LogP contribution in [-0.2, 0) is 13.0 Å². The van der Waals surface area contributed by atoms with E-state index in [1.165, 1.54) is 16.8 Å². The van der Waals surface area contributed by atoms with Crippen LogP contribution in [0.2, 0.25) is 0 Å². The number of para-hydroxylation sites is 1. The SMILES string of the molecule is N#Cc1ccc(Br)cc1NCc1cccc2c1NCC2. The molecule has 0 atom stereocenters. The van der Waals surface area contributed by atoms with Gasteiger partial charge in [-0.3, -0.25) is 0 Å². The van der Waals surface area contributed by atoms with Gasteiger partial charge in [0.2, 0.25) is 0 Å². The quantitative estimate of drug-likeness (QED) is 0.898. The number of halogens is 1. The third kappa shape index (κ3) is 2.50. The van der Waals surface area contributed by atoms with Crippen LogP contribution in [-0.4, -0.2) is 6.54 Å². The molecule has 0 radical (unpaired) electrons. The van der Waals surface area contributed by atoms with E-state index in [1.54, 1.807) is 0 Å². The molecule has 0 saturated heterocycles. The molecule has 100 valence electrons. The summed E-state index contributed by atoms with van der Waals surface area (Å²) < 4.78 is 0.968. The highest BCUT2D eigenvalue weighted by Gasteiger charge is 2.13. The molecule has 0 unspecified atom stereocenters. The van der Waals surface area contributed by atoms with Crippen LogP contribution < -0.4 is 10.6 Å². The summed E-state index contributed by atoms with van der Waals surface area (Å²) in [5.74, 6) is 0. The molecule has 0 bridgehead atoms. The molecule has 2 aromatic rings. The van der Waals surface area contributed by atoms with Crippen LogP contribution >= 0.6 is 15.9 Å². The predicted octanol–water partition coefficient (Wildman–Crippen LogP) is 3.90. The summed E-state index contributed by atoms with van der Waals surface area (Å²) in [5.41, 5.74) is 5.38. The zero-order chi connectivity index (χ0) is 13.9. The second kappa shape index (κ2) is 5.56. The topological polar surface area (TPSA) is 47.9 Å². The first-order valence-electron chi connectivity index (χ1n) is 6.56. The molecule has 0 aromatic heterocycles. The third-order valence-corrected chi connectivity index (χ3v) is 4.00. The summed E-state index contributed by atoms with van der Waals surface area (Å²) >= 11 is 3.44. The Morgan fingerprint density at radius 2 is 2.20 bits per heavy atom. The number of hydrogen-bond acceptors (Lipinski definition) is 3. The number of benzene rings is 2. The summed E-state index contributed by atoms with van der Waals surface area (Å²) in [7, 11) is 0. The number of nitrogens with zero attached hydrogens (tertiary/aromatic N) is 1. The van der Waals surface area contributed by atoms with Crippen molar-refractivity contribution < 1.29 is 0 Å². The van der Waals surface area contributed by atoms with E-state index < -0.39 is 0 Å². The van der Waals surface area contributed by atoms with Gasteiger partial charge < -0.3 is 10.6 Å². The molecule has 2 N–H and O–H groups in total. The third-order valence-electron chi connectivity index (χ3n) is 3.50. The lowest BCUT2D eigenvalue weighted by atomic mass is 10.1. The fraction of sp³-hybridized carbons (Fsp3) is 0.188. The van der Waals surface area contributed by atoms with Crippen LogP contribution in [0.4, 0.5) is 11.4 Å². The first-order chi connectivity index (χ1) is 9.78. The van der Waals surface area contributed by atoms with E-state index in [-0.39, 0.29) is 0 Å². The van der Waals surface area contributed by atoms with E-state index in [2.05, 4.69) is 50.8 Å². The average Bonchev–Trinajstić information content (AvgIpc) is 2.94. The maximum Gasteiger partial charge on any atom is 0.101 e. The van der Waals surface area contributed by atoms with E-state index in [1.807, 2.05) is 18.2 Å². The minimum Gasteiger partial charge on any atom is -0.384 e. The van der Waals surface area contributed by atoms with Gasteiger partial charge in [-0.05, 0) is 35.7 Å². The van der Waals surface area contributed by atoms with Gasteiger partial charge in [0, 0.05) is 23.2 Å². The largest absolute Gasteiger partial charge is 0.384 e. The zero-order valence-corrected chi connectivity index (χ0v) is 12.5. The number of rotatable bonds is 3. The molecule has 0 aliphatic carbocycles. The smallest absolute Gasteiger partial charge is 0.101 e. The molecule has 3 nitrogen and oxygen atoms in total. The number of nitrogens with one attached hydrogen (secondary N) is 2. The van der Waals surface area contributed by atoms with Crippen molar-refractivity contribution in [1.29, 1.82) is 5.26 Å². The molecule has 0 saturated carbocycles. The van der Waals surface area contributed by atoms with Gasteiger partial charge in [0.1, 0.15) is 6.07 Å². The molecule has 4 heteroatoms. The van der Waals surface area contributed by atoms with Gasteiger partial charge in [-0.1, -0.05) is 34.1 Å². The Kier molecular flexibility index (Phi) is 3.62. The Balaban J connectivity index is 1.83. The number of nitriles is 1. The summed E-state index contributed by atoms with van der Waals surface area (Å²) in [6.45, 7) is 1.72. The van der Waals surface area contributed by atoms with E-state index in [4.69, 9.17) is 5.26 Å². The molecule has 0 spiro atoms. The Labute approximate surface area is 126 Å². The van der Waals surface area contributed by atoms with Gasteiger partial charge >= 0.3 is 0 Å². The monoisotopic (exact) mass is 327 g/mol. The first kappa shape index (κ1) is 13.0. The van der Waals surface area contributed by atoms with Crippen molar-refractivity contribution in [3.05, 3.63) is 57.6 Å². The second-order valence-corrected chi connectivity index (χ2v) is 5.70. The number of hydrogen-bond donors (Lipinski definition) is 2. The Morgan fingerprint density at radius 1 is 1.30 bits per heavy atom. The van der Waals surface area contributed by atoms with Crippen molar-refractivity contribution in [3.63, 3.8) is 0 Å². The van der Waals surface area contributed by atoms with Crippen LogP contribution in [0.5, 0.6) is 0 Å². The summed E-state index contributed by atoms with van der Waals surface area (Å²) in [4.78, 5) is 0. The maximum atomic E-state index is 9.14. The van der Waals surface area contributed by atoms with E-state index in [0.29, 0.717) is 12.1 Å². The van der Waals surface area contributed by atoms with E-state index in [0.717, 1.165) is 23.1 Å². The van der Waals surface area contributed by atoms with Crippen LogP contribution in [0.3, 0.4) is 0 Å². The zero-order valence-electron chi connectivity index (χ0n) is 10.9. The molecular weight excluding hydrogens is 314 g/mol. The summed E-state index contributed by atoms with van der Waals surface area (Å²) in [6.07, 6.45) is 1.09. The predicted molar refractivity (Wildman–Crippen MR) is 84.8 cm³/mol. The molecule has 1 heterocycles. The van der Waals surface area contributed by atoms with Crippen LogP contribution in [0.25, 0.3) is 0 Å². The summed E-state index contributed by atoms with van der Waals surface area (Å²) in [6, 6.07) is 14.2. The molecule has 20 heavy (non-hydrogen) atoms. The second-order valence-electron chi connectivity index (χ2n) is 4.78.